The van der Waals surface area contributed by atoms with E-state index >= 15 is 0 Å². The maximum absolute atomic E-state index is 6.00. The van der Waals surface area contributed by atoms with Gasteiger partial charge in [0.25, 0.3) is 0 Å². The van der Waals surface area contributed by atoms with E-state index in [2.05, 4.69) is 5.92 Å². The molecule has 0 saturated heterocycles. The van der Waals surface area contributed by atoms with E-state index in [-0.39, 0.29) is 0 Å². The summed E-state index contributed by atoms with van der Waals surface area (Å²) >= 11 is 11.8. The fraction of sp³-hybridized carbons (Fsp3) is 0. The number of halogens is 2. The number of ether oxygens (including phenoxy) is 1. The Bertz CT molecular complexity index is 568. The first kappa shape index (κ1) is 11.9. The minimum absolute atomic E-state index is 0.471. The van der Waals surface area contributed by atoms with Gasteiger partial charge >= 0.3 is 0 Å². The highest BCUT2D eigenvalue weighted by Crippen LogP contribution is 2.31. The van der Waals surface area contributed by atoms with Crippen LogP contribution in [-0.4, -0.2) is 0 Å². The summed E-state index contributed by atoms with van der Waals surface area (Å²) in [5.41, 5.74) is 0.805. The van der Waals surface area contributed by atoms with E-state index in [4.69, 9.17) is 34.4 Å². The van der Waals surface area contributed by atoms with E-state index in [1.54, 1.807) is 42.5 Å². The number of hydrogen-bond acceptors (Lipinski definition) is 1. The predicted octanol–water partition coefficient (Wildman–Crippen LogP) is 4.77. The smallest absolute Gasteiger partial charge is 0.146 e. The third kappa shape index (κ3) is 2.94. The predicted molar refractivity (Wildman–Crippen MR) is 70.9 cm³/mol. The average Bonchev–Trinajstić information content (AvgIpc) is 2.34. The second-order valence-electron chi connectivity index (χ2n) is 3.35. The summed E-state index contributed by atoms with van der Waals surface area (Å²) in [5, 5.41) is 1.04. The van der Waals surface area contributed by atoms with Gasteiger partial charge in [-0.15, -0.1) is 6.42 Å². The first-order chi connectivity index (χ1) is 8.19. The molecule has 0 radical (unpaired) electrons. The van der Waals surface area contributed by atoms with Gasteiger partial charge in [-0.1, -0.05) is 29.1 Å². The SMILES string of the molecule is C#Cc1ccc(Oc2ccc(Cl)cc2Cl)cc1. The molecule has 0 spiro atoms. The van der Waals surface area contributed by atoms with Crippen LogP contribution in [-0.2, 0) is 0 Å². The van der Waals surface area contributed by atoms with Gasteiger partial charge in [0.2, 0.25) is 0 Å². The minimum Gasteiger partial charge on any atom is -0.456 e. The van der Waals surface area contributed by atoms with Gasteiger partial charge < -0.3 is 4.74 Å². The number of hydrogen-bond donors (Lipinski definition) is 0. The molecule has 17 heavy (non-hydrogen) atoms. The molecule has 0 unspecified atom stereocenters. The Morgan fingerprint density at radius 3 is 2.29 bits per heavy atom. The van der Waals surface area contributed by atoms with Gasteiger partial charge in [0.05, 0.1) is 5.02 Å². The minimum atomic E-state index is 0.471. The Morgan fingerprint density at radius 2 is 1.71 bits per heavy atom. The summed E-state index contributed by atoms with van der Waals surface area (Å²) in [5.74, 6) is 3.77. The molecule has 0 saturated carbocycles. The number of benzene rings is 2. The van der Waals surface area contributed by atoms with Crippen molar-refractivity contribution in [2.75, 3.05) is 0 Å². The Kier molecular flexibility index (Phi) is 3.58. The molecule has 3 heteroatoms. The van der Waals surface area contributed by atoms with Crippen molar-refractivity contribution in [2.45, 2.75) is 0 Å². The van der Waals surface area contributed by atoms with E-state index in [1.165, 1.54) is 0 Å². The molecular weight excluding hydrogens is 255 g/mol. The van der Waals surface area contributed by atoms with Gasteiger partial charge in [0.15, 0.2) is 0 Å². The van der Waals surface area contributed by atoms with Gasteiger partial charge in [-0.3, -0.25) is 0 Å². The van der Waals surface area contributed by atoms with Gasteiger partial charge in [0, 0.05) is 10.6 Å². The highest BCUT2D eigenvalue weighted by molar-refractivity contribution is 6.35. The van der Waals surface area contributed by atoms with Crippen LogP contribution in [0.1, 0.15) is 5.56 Å². The highest BCUT2D eigenvalue weighted by atomic mass is 35.5. The van der Waals surface area contributed by atoms with Crippen LogP contribution in [0.4, 0.5) is 0 Å². The van der Waals surface area contributed by atoms with Crippen molar-refractivity contribution >= 4 is 23.2 Å². The molecule has 0 bridgehead atoms. The molecule has 0 N–H and O–H groups in total. The van der Waals surface area contributed by atoms with Crippen LogP contribution < -0.4 is 4.74 Å². The van der Waals surface area contributed by atoms with Crippen molar-refractivity contribution in [1.29, 1.82) is 0 Å². The van der Waals surface area contributed by atoms with Crippen molar-refractivity contribution in [3.8, 4) is 23.8 Å². The molecule has 0 atom stereocenters. The second kappa shape index (κ2) is 5.14. The molecule has 0 heterocycles. The summed E-state index contributed by atoms with van der Waals surface area (Å²) in [6.45, 7) is 0. The average molecular weight is 263 g/mol. The fourth-order valence-corrected chi connectivity index (χ4v) is 1.75. The van der Waals surface area contributed by atoms with E-state index in [0.717, 1.165) is 5.56 Å². The molecule has 0 aliphatic carbocycles. The van der Waals surface area contributed by atoms with Crippen molar-refractivity contribution in [2.24, 2.45) is 0 Å². The summed E-state index contributed by atoms with van der Waals surface area (Å²) in [6.07, 6.45) is 5.27. The first-order valence-corrected chi connectivity index (χ1v) is 5.64. The lowest BCUT2D eigenvalue weighted by Gasteiger charge is -2.07. The molecule has 84 valence electrons. The molecule has 0 aliphatic rings. The zero-order chi connectivity index (χ0) is 12.3. The lowest BCUT2D eigenvalue weighted by molar-refractivity contribution is 0.483. The molecule has 2 aromatic carbocycles. The van der Waals surface area contributed by atoms with Crippen LogP contribution in [0.2, 0.25) is 10.0 Å². The summed E-state index contributed by atoms with van der Waals surface area (Å²) in [6, 6.07) is 12.3. The van der Waals surface area contributed by atoms with Gasteiger partial charge in [-0.05, 0) is 42.5 Å². The summed E-state index contributed by atoms with van der Waals surface area (Å²) in [7, 11) is 0. The first-order valence-electron chi connectivity index (χ1n) is 4.88. The molecule has 0 fully saturated rings. The Labute approximate surface area is 110 Å². The molecule has 0 aliphatic heterocycles. The van der Waals surface area contributed by atoms with Crippen molar-refractivity contribution in [3.05, 3.63) is 58.1 Å². The topological polar surface area (TPSA) is 9.23 Å². The second-order valence-corrected chi connectivity index (χ2v) is 4.19. The quantitative estimate of drug-likeness (QED) is 0.709. The number of terminal acetylenes is 1. The highest BCUT2D eigenvalue weighted by Gasteiger charge is 2.03. The Hall–Kier alpha value is -1.62. The molecule has 2 aromatic rings. The van der Waals surface area contributed by atoms with E-state index in [9.17, 15) is 0 Å². The lowest BCUT2D eigenvalue weighted by Crippen LogP contribution is -1.85. The van der Waals surface area contributed by atoms with Gasteiger partial charge in [-0.2, -0.15) is 0 Å². The maximum Gasteiger partial charge on any atom is 0.146 e. The monoisotopic (exact) mass is 262 g/mol. The van der Waals surface area contributed by atoms with Crippen LogP contribution in [0, 0.1) is 12.3 Å². The molecule has 0 amide bonds. The molecular formula is C14H8Cl2O. The zero-order valence-electron chi connectivity index (χ0n) is 8.78. The van der Waals surface area contributed by atoms with Crippen molar-refractivity contribution < 1.29 is 4.74 Å². The zero-order valence-corrected chi connectivity index (χ0v) is 10.3. The Balaban J connectivity index is 2.23. The van der Waals surface area contributed by atoms with Gasteiger partial charge in [0.1, 0.15) is 11.5 Å². The van der Waals surface area contributed by atoms with E-state index < -0.39 is 0 Å². The third-order valence-electron chi connectivity index (χ3n) is 2.14. The van der Waals surface area contributed by atoms with Crippen molar-refractivity contribution in [1.82, 2.24) is 0 Å². The van der Waals surface area contributed by atoms with Crippen LogP contribution in [0.25, 0.3) is 0 Å². The molecule has 1 nitrogen and oxygen atoms in total. The lowest BCUT2D eigenvalue weighted by atomic mass is 10.2. The largest absolute Gasteiger partial charge is 0.456 e. The maximum atomic E-state index is 6.00. The van der Waals surface area contributed by atoms with Gasteiger partial charge in [-0.25, -0.2) is 0 Å². The van der Waals surface area contributed by atoms with Crippen LogP contribution in [0.3, 0.4) is 0 Å². The molecule has 2 rings (SSSR count). The number of rotatable bonds is 2. The molecule has 0 aromatic heterocycles. The standard InChI is InChI=1S/C14H8Cl2O/c1-2-10-3-6-12(7-4-10)17-14-8-5-11(15)9-13(14)16/h1,3-9H. The van der Waals surface area contributed by atoms with E-state index in [0.29, 0.717) is 21.5 Å². The normalized spacial score (nSPS) is 9.71. The van der Waals surface area contributed by atoms with Crippen LogP contribution in [0.5, 0.6) is 11.5 Å². The van der Waals surface area contributed by atoms with Crippen molar-refractivity contribution in [3.63, 3.8) is 0 Å². The Morgan fingerprint density at radius 1 is 1.00 bits per heavy atom. The third-order valence-corrected chi connectivity index (χ3v) is 2.67. The summed E-state index contributed by atoms with van der Waals surface area (Å²) in [4.78, 5) is 0. The summed E-state index contributed by atoms with van der Waals surface area (Å²) < 4.78 is 5.60. The van der Waals surface area contributed by atoms with E-state index in [1.807, 2.05) is 0 Å². The van der Waals surface area contributed by atoms with Crippen LogP contribution in [0.15, 0.2) is 42.5 Å². The fourth-order valence-electron chi connectivity index (χ4n) is 1.30. The van der Waals surface area contributed by atoms with Crippen LogP contribution >= 0.6 is 23.2 Å².